The normalized spacial score (nSPS) is 13.9. The van der Waals surface area contributed by atoms with Crippen molar-refractivity contribution in [1.82, 2.24) is 24.9 Å². The first-order valence-electron chi connectivity index (χ1n) is 10.3. The summed E-state index contributed by atoms with van der Waals surface area (Å²) in [6.45, 7) is 2.69. The fourth-order valence-corrected chi connectivity index (χ4v) is 3.86. The maximum absolute atomic E-state index is 13.5. The molecular weight excluding hydrogens is 388 g/mol. The molecule has 1 aliphatic rings. The molecule has 0 spiro atoms. The van der Waals surface area contributed by atoms with Crippen LogP contribution in [0, 0.1) is 0 Å². The number of amides is 1. The quantitative estimate of drug-likeness (QED) is 0.517. The van der Waals surface area contributed by atoms with E-state index in [1.165, 1.54) is 0 Å². The van der Waals surface area contributed by atoms with Gasteiger partial charge in [-0.05, 0) is 24.3 Å². The highest BCUT2D eigenvalue weighted by molar-refractivity contribution is 5.98. The second-order valence-corrected chi connectivity index (χ2v) is 7.37. The van der Waals surface area contributed by atoms with Crippen LogP contribution in [0.25, 0.3) is 16.9 Å². The molecule has 2 aromatic carbocycles. The van der Waals surface area contributed by atoms with Gasteiger partial charge in [-0.15, -0.1) is 5.10 Å². The number of hydrogen-bond donors (Lipinski definition) is 0. The monoisotopic (exact) mass is 410 g/mol. The summed E-state index contributed by atoms with van der Waals surface area (Å²) in [5.74, 6) is 0.844. The van der Waals surface area contributed by atoms with Crippen LogP contribution in [0.4, 0.5) is 5.82 Å². The van der Waals surface area contributed by atoms with E-state index in [0.29, 0.717) is 24.5 Å². The summed E-state index contributed by atoms with van der Waals surface area (Å²) < 4.78 is 1.74. The highest BCUT2D eigenvalue weighted by atomic mass is 16.2. The standard InChI is InChI=1S/C24H22N6O/c31-24(29-17-15-28(16-18-29)21-13-7-8-14-25-21)22-23(19-9-3-1-4-10-19)30(27-26-22)20-11-5-2-6-12-20/h1-14H,15-18H2. The Hall–Kier alpha value is -4.00. The zero-order chi connectivity index (χ0) is 21.0. The predicted octanol–water partition coefficient (Wildman–Crippen LogP) is 3.29. The fourth-order valence-electron chi connectivity index (χ4n) is 3.86. The molecule has 1 amide bonds. The van der Waals surface area contributed by atoms with Gasteiger partial charge in [0.2, 0.25) is 0 Å². The van der Waals surface area contributed by atoms with E-state index in [-0.39, 0.29) is 5.91 Å². The number of carbonyl (C=O) groups excluding carboxylic acids is 1. The number of piperazine rings is 1. The Kier molecular flexibility index (Phi) is 5.14. The van der Waals surface area contributed by atoms with Crippen molar-refractivity contribution in [2.24, 2.45) is 0 Å². The molecule has 0 unspecified atom stereocenters. The zero-order valence-electron chi connectivity index (χ0n) is 17.0. The second-order valence-electron chi connectivity index (χ2n) is 7.37. The van der Waals surface area contributed by atoms with E-state index in [1.807, 2.05) is 83.8 Å². The first-order valence-corrected chi connectivity index (χ1v) is 10.3. The summed E-state index contributed by atoms with van der Waals surface area (Å²) in [5.41, 5.74) is 2.87. The van der Waals surface area contributed by atoms with Crippen molar-refractivity contribution >= 4 is 11.7 Å². The number of nitrogens with zero attached hydrogens (tertiary/aromatic N) is 6. The lowest BCUT2D eigenvalue weighted by molar-refractivity contribution is 0.0741. The Morgan fingerprint density at radius 1 is 0.774 bits per heavy atom. The molecule has 0 saturated carbocycles. The van der Waals surface area contributed by atoms with Crippen LogP contribution in [-0.2, 0) is 0 Å². The average Bonchev–Trinajstić information content (AvgIpc) is 3.30. The van der Waals surface area contributed by atoms with Crippen LogP contribution in [0.2, 0.25) is 0 Å². The highest BCUT2D eigenvalue weighted by Gasteiger charge is 2.29. The fraction of sp³-hybridized carbons (Fsp3) is 0.167. The lowest BCUT2D eigenvalue weighted by Gasteiger charge is -2.35. The molecule has 5 rings (SSSR count). The minimum Gasteiger partial charge on any atom is -0.353 e. The van der Waals surface area contributed by atoms with E-state index in [1.54, 1.807) is 10.9 Å². The molecule has 0 atom stereocenters. The molecule has 3 heterocycles. The van der Waals surface area contributed by atoms with Crippen LogP contribution in [0.3, 0.4) is 0 Å². The van der Waals surface area contributed by atoms with E-state index >= 15 is 0 Å². The highest BCUT2D eigenvalue weighted by Crippen LogP contribution is 2.26. The molecule has 2 aromatic heterocycles. The molecule has 7 nitrogen and oxygen atoms in total. The molecule has 1 fully saturated rings. The van der Waals surface area contributed by atoms with Gasteiger partial charge in [0.15, 0.2) is 5.69 Å². The van der Waals surface area contributed by atoms with Gasteiger partial charge in [0.1, 0.15) is 11.5 Å². The molecule has 4 aromatic rings. The maximum Gasteiger partial charge on any atom is 0.276 e. The number of benzene rings is 2. The largest absolute Gasteiger partial charge is 0.353 e. The minimum atomic E-state index is -0.0956. The van der Waals surface area contributed by atoms with Gasteiger partial charge in [-0.1, -0.05) is 59.8 Å². The number of pyridine rings is 1. The zero-order valence-corrected chi connectivity index (χ0v) is 17.0. The van der Waals surface area contributed by atoms with E-state index < -0.39 is 0 Å². The summed E-state index contributed by atoms with van der Waals surface area (Å²) in [7, 11) is 0. The van der Waals surface area contributed by atoms with Crippen molar-refractivity contribution in [2.45, 2.75) is 0 Å². The van der Waals surface area contributed by atoms with Crippen molar-refractivity contribution in [1.29, 1.82) is 0 Å². The summed E-state index contributed by atoms with van der Waals surface area (Å²) in [6.07, 6.45) is 1.79. The SMILES string of the molecule is O=C(c1nnn(-c2ccccc2)c1-c1ccccc1)N1CCN(c2ccccn2)CC1. The average molecular weight is 410 g/mol. The second kappa shape index (κ2) is 8.39. The third-order valence-corrected chi connectivity index (χ3v) is 5.46. The third kappa shape index (κ3) is 3.77. The molecular formula is C24H22N6O. The lowest BCUT2D eigenvalue weighted by atomic mass is 10.1. The number of aromatic nitrogens is 4. The molecule has 0 bridgehead atoms. The third-order valence-electron chi connectivity index (χ3n) is 5.46. The van der Waals surface area contributed by atoms with Gasteiger partial charge in [0, 0.05) is 37.9 Å². The van der Waals surface area contributed by atoms with E-state index in [0.717, 1.165) is 30.2 Å². The molecule has 0 radical (unpaired) electrons. The smallest absolute Gasteiger partial charge is 0.276 e. The number of para-hydroxylation sites is 1. The Labute approximate surface area is 180 Å². The number of anilines is 1. The number of rotatable bonds is 4. The van der Waals surface area contributed by atoms with Crippen LogP contribution < -0.4 is 4.90 Å². The molecule has 7 heteroatoms. The van der Waals surface area contributed by atoms with Crippen LogP contribution >= 0.6 is 0 Å². The van der Waals surface area contributed by atoms with Crippen molar-refractivity contribution < 1.29 is 4.79 Å². The Bertz CT molecular complexity index is 1150. The molecule has 31 heavy (non-hydrogen) atoms. The molecule has 154 valence electrons. The van der Waals surface area contributed by atoms with Gasteiger partial charge < -0.3 is 9.80 Å². The maximum atomic E-state index is 13.5. The Morgan fingerprint density at radius 3 is 2.13 bits per heavy atom. The Morgan fingerprint density at radius 2 is 1.45 bits per heavy atom. The first kappa shape index (κ1) is 19.0. The van der Waals surface area contributed by atoms with Crippen LogP contribution in [0.5, 0.6) is 0 Å². The number of carbonyl (C=O) groups is 1. The summed E-state index contributed by atoms with van der Waals surface area (Å²) in [4.78, 5) is 21.9. The van der Waals surface area contributed by atoms with Crippen molar-refractivity contribution in [2.75, 3.05) is 31.1 Å². The van der Waals surface area contributed by atoms with Crippen LogP contribution in [-0.4, -0.2) is 57.0 Å². The summed E-state index contributed by atoms with van der Waals surface area (Å²) >= 11 is 0. The number of hydrogen-bond acceptors (Lipinski definition) is 5. The topological polar surface area (TPSA) is 67.2 Å². The summed E-state index contributed by atoms with van der Waals surface area (Å²) in [6, 6.07) is 25.5. The van der Waals surface area contributed by atoms with Gasteiger partial charge in [-0.25, -0.2) is 9.67 Å². The van der Waals surface area contributed by atoms with Crippen molar-refractivity contribution in [3.05, 3.63) is 90.8 Å². The van der Waals surface area contributed by atoms with E-state index in [4.69, 9.17) is 0 Å². The van der Waals surface area contributed by atoms with Crippen LogP contribution in [0.1, 0.15) is 10.5 Å². The van der Waals surface area contributed by atoms with Gasteiger partial charge in [0.25, 0.3) is 5.91 Å². The molecule has 0 N–H and O–H groups in total. The Balaban J connectivity index is 1.44. The predicted molar refractivity (Wildman–Crippen MR) is 119 cm³/mol. The van der Waals surface area contributed by atoms with Crippen molar-refractivity contribution in [3.63, 3.8) is 0 Å². The minimum absolute atomic E-state index is 0.0956. The lowest BCUT2D eigenvalue weighted by Crippen LogP contribution is -2.49. The van der Waals surface area contributed by atoms with Gasteiger partial charge in [-0.2, -0.15) is 0 Å². The van der Waals surface area contributed by atoms with Gasteiger partial charge in [-0.3, -0.25) is 4.79 Å². The first-order chi connectivity index (χ1) is 15.3. The summed E-state index contributed by atoms with van der Waals surface area (Å²) in [5, 5.41) is 8.66. The van der Waals surface area contributed by atoms with Crippen LogP contribution in [0.15, 0.2) is 85.1 Å². The van der Waals surface area contributed by atoms with E-state index in [9.17, 15) is 4.79 Å². The molecule has 1 saturated heterocycles. The molecule has 0 aliphatic carbocycles. The van der Waals surface area contributed by atoms with Crippen molar-refractivity contribution in [3.8, 4) is 16.9 Å². The van der Waals surface area contributed by atoms with E-state index in [2.05, 4.69) is 20.2 Å². The van der Waals surface area contributed by atoms with Gasteiger partial charge >= 0.3 is 0 Å². The van der Waals surface area contributed by atoms with Gasteiger partial charge in [0.05, 0.1) is 5.69 Å². The molecule has 1 aliphatic heterocycles.